The van der Waals surface area contributed by atoms with E-state index < -0.39 is 17.9 Å². The summed E-state index contributed by atoms with van der Waals surface area (Å²) in [5.74, 6) is -2.34. The zero-order valence-electron chi connectivity index (χ0n) is 42.2. The predicted molar refractivity (Wildman–Crippen MR) is 274 cm³/mol. The normalized spacial score (nSPS) is 13.4. The summed E-state index contributed by atoms with van der Waals surface area (Å²) in [6, 6.07) is 0. The molecule has 0 spiro atoms. The lowest BCUT2D eigenvalue weighted by molar-refractivity contribution is -0.428. The SMILES string of the molecule is CCCCC/C=C\C/C=C(\CCCCC(CCCCC/C=C(\C/C=C\CCCCCCCC(=O)O)[N+](=O)[O-])C(CCCCC/C=C\C/C(=C\CCCCCCCC(=O)O)[N+](=O)[O-])CC(=O)O)[N+](=O)[O-]. The Bertz CT molecular complexity index is 1620. The lowest BCUT2D eigenvalue weighted by atomic mass is 9.79. The fourth-order valence-electron chi connectivity index (χ4n) is 8.49. The van der Waals surface area contributed by atoms with Crippen LogP contribution in [0.3, 0.4) is 0 Å². The second-order valence-electron chi connectivity index (χ2n) is 18.5. The average Bonchev–Trinajstić information content (AvgIpc) is 3.29. The fraction of sp³-hybridized carbons (Fsp3) is 0.722. The molecule has 392 valence electrons. The Hall–Kier alpha value is -4.95. The van der Waals surface area contributed by atoms with Gasteiger partial charge in [0.25, 0.3) is 0 Å². The summed E-state index contributed by atoms with van der Waals surface area (Å²) < 4.78 is 0. The molecule has 0 aliphatic rings. The molecule has 15 heteroatoms. The Labute approximate surface area is 413 Å². The molecule has 0 radical (unpaired) electrons. The Balaban J connectivity index is 5.35. The van der Waals surface area contributed by atoms with Crippen LogP contribution in [0.1, 0.15) is 238 Å². The quantitative estimate of drug-likeness (QED) is 0.0223. The van der Waals surface area contributed by atoms with Crippen LogP contribution in [0.5, 0.6) is 0 Å². The summed E-state index contributed by atoms with van der Waals surface area (Å²) >= 11 is 0. The molecule has 0 fully saturated rings. The highest BCUT2D eigenvalue weighted by Gasteiger charge is 2.24. The van der Waals surface area contributed by atoms with E-state index in [1.807, 2.05) is 30.4 Å². The second kappa shape index (κ2) is 45.5. The molecule has 0 rings (SSSR count). The molecule has 0 amide bonds. The Morgan fingerprint density at radius 1 is 0.406 bits per heavy atom. The molecule has 69 heavy (non-hydrogen) atoms. The Morgan fingerprint density at radius 3 is 1.23 bits per heavy atom. The number of nitro groups is 3. The maximum absolute atomic E-state index is 12.2. The van der Waals surface area contributed by atoms with Crippen molar-refractivity contribution in [3.8, 4) is 0 Å². The number of hydrogen-bond donors (Lipinski definition) is 3. The van der Waals surface area contributed by atoms with Crippen molar-refractivity contribution in [2.75, 3.05) is 0 Å². The largest absolute Gasteiger partial charge is 0.481 e. The minimum absolute atomic E-state index is 0.0468. The van der Waals surface area contributed by atoms with Gasteiger partial charge in [-0.05, 0) is 126 Å². The summed E-state index contributed by atoms with van der Waals surface area (Å²) in [5, 5.41) is 62.6. The van der Waals surface area contributed by atoms with Crippen LogP contribution in [0.4, 0.5) is 0 Å². The van der Waals surface area contributed by atoms with E-state index in [0.717, 1.165) is 154 Å². The number of carboxylic acids is 3. The van der Waals surface area contributed by atoms with Gasteiger partial charge in [0.2, 0.25) is 17.1 Å². The third kappa shape index (κ3) is 41.7. The van der Waals surface area contributed by atoms with Crippen LogP contribution in [-0.2, 0) is 14.4 Å². The zero-order valence-corrected chi connectivity index (χ0v) is 42.2. The van der Waals surface area contributed by atoms with Gasteiger partial charge in [-0.25, -0.2) is 0 Å². The van der Waals surface area contributed by atoms with Crippen molar-refractivity contribution < 1.29 is 44.5 Å². The van der Waals surface area contributed by atoms with Gasteiger partial charge in [-0.1, -0.05) is 140 Å². The van der Waals surface area contributed by atoms with Gasteiger partial charge in [0.1, 0.15) is 0 Å². The highest BCUT2D eigenvalue weighted by Crippen LogP contribution is 2.32. The van der Waals surface area contributed by atoms with Crippen molar-refractivity contribution in [1.82, 2.24) is 0 Å². The van der Waals surface area contributed by atoms with Crippen LogP contribution in [-0.4, -0.2) is 48.0 Å². The van der Waals surface area contributed by atoms with E-state index >= 15 is 0 Å². The van der Waals surface area contributed by atoms with Gasteiger partial charge in [0, 0.05) is 25.7 Å². The summed E-state index contributed by atoms with van der Waals surface area (Å²) in [5.41, 5.74) is 0.554. The first-order valence-corrected chi connectivity index (χ1v) is 26.4. The first-order valence-electron chi connectivity index (χ1n) is 26.4. The van der Waals surface area contributed by atoms with Crippen molar-refractivity contribution in [2.45, 2.75) is 238 Å². The standard InChI is InChI=1S/C54H89N3O12/c1-2-3-4-5-8-16-26-41-51(57(68)69)43-34-33-36-47(35-24-22-23-30-42-50(56(66)67)38-27-17-9-6-7-10-20-31-44-52(58)59)48(46-54(62)63)37-25-15-11-12-18-28-39-49(55(64)65)40-29-19-13-14-21-32-45-53(60)61/h8,16-18,27-28,40-42,47-48H,2-7,9-15,19-26,29-39,43-46H2,1H3,(H,58,59)(H,60,61)(H,62,63)/b16-8-,27-17-,28-18-,49-40+,50-42+,51-41+. The van der Waals surface area contributed by atoms with Gasteiger partial charge >= 0.3 is 17.9 Å². The molecule has 0 heterocycles. The zero-order chi connectivity index (χ0) is 51.2. The molecule has 2 atom stereocenters. The molecular formula is C54H89N3O12. The monoisotopic (exact) mass is 972 g/mol. The molecule has 3 N–H and O–H groups in total. The number of carboxylic acid groups (broad SMARTS) is 3. The van der Waals surface area contributed by atoms with E-state index in [0.29, 0.717) is 44.9 Å². The third-order valence-electron chi connectivity index (χ3n) is 12.5. The van der Waals surface area contributed by atoms with Gasteiger partial charge in [-0.3, -0.25) is 44.7 Å². The molecule has 0 saturated heterocycles. The van der Waals surface area contributed by atoms with Gasteiger partial charge in [0.05, 0.1) is 27.6 Å². The van der Waals surface area contributed by atoms with Gasteiger partial charge < -0.3 is 15.3 Å². The second-order valence-corrected chi connectivity index (χ2v) is 18.5. The van der Waals surface area contributed by atoms with Crippen molar-refractivity contribution in [3.05, 3.63) is 102 Å². The molecule has 0 bridgehead atoms. The van der Waals surface area contributed by atoms with Crippen molar-refractivity contribution in [3.63, 3.8) is 0 Å². The smallest absolute Gasteiger partial charge is 0.303 e. The number of unbranched alkanes of at least 4 members (excludes halogenated alkanes) is 20. The maximum atomic E-state index is 12.2. The van der Waals surface area contributed by atoms with E-state index in [4.69, 9.17) is 10.2 Å². The lowest BCUT2D eigenvalue weighted by Gasteiger charge is -2.26. The van der Waals surface area contributed by atoms with Crippen LogP contribution >= 0.6 is 0 Å². The summed E-state index contributed by atoms with van der Waals surface area (Å²) in [6.45, 7) is 2.15. The Kier molecular flexibility index (Phi) is 42.2. The first-order chi connectivity index (χ1) is 33.3. The molecule has 0 aromatic rings. The number of rotatable bonds is 49. The molecule has 0 aliphatic heterocycles. The average molecular weight is 972 g/mol. The van der Waals surface area contributed by atoms with E-state index in [-0.39, 0.29) is 75.8 Å². The molecule has 0 saturated carbocycles. The lowest BCUT2D eigenvalue weighted by Crippen LogP contribution is -2.19. The van der Waals surface area contributed by atoms with Gasteiger partial charge in [-0.2, -0.15) is 0 Å². The van der Waals surface area contributed by atoms with Crippen LogP contribution in [0, 0.1) is 42.2 Å². The number of carbonyl (C=O) groups is 3. The van der Waals surface area contributed by atoms with Crippen molar-refractivity contribution in [2.24, 2.45) is 11.8 Å². The van der Waals surface area contributed by atoms with Crippen molar-refractivity contribution >= 4 is 17.9 Å². The van der Waals surface area contributed by atoms with Gasteiger partial charge in [-0.15, -0.1) is 0 Å². The molecular weight excluding hydrogens is 883 g/mol. The highest BCUT2D eigenvalue weighted by molar-refractivity contribution is 5.67. The number of hydrogen-bond acceptors (Lipinski definition) is 9. The maximum Gasteiger partial charge on any atom is 0.303 e. The number of aliphatic carboxylic acids is 3. The molecule has 0 aromatic carbocycles. The molecule has 0 aromatic heterocycles. The van der Waals surface area contributed by atoms with Crippen LogP contribution in [0.15, 0.2) is 71.8 Å². The summed E-state index contributed by atoms with van der Waals surface area (Å²) in [6.07, 6.45) is 43.1. The summed E-state index contributed by atoms with van der Waals surface area (Å²) in [4.78, 5) is 67.6. The van der Waals surface area contributed by atoms with Gasteiger partial charge in [0.15, 0.2) is 0 Å². The van der Waals surface area contributed by atoms with Crippen LogP contribution in [0.25, 0.3) is 0 Å². The minimum atomic E-state index is -0.848. The topological polar surface area (TPSA) is 241 Å². The fourth-order valence-corrected chi connectivity index (χ4v) is 8.49. The van der Waals surface area contributed by atoms with E-state index in [2.05, 4.69) is 13.0 Å². The highest BCUT2D eigenvalue weighted by atomic mass is 16.6. The molecule has 2 unspecified atom stereocenters. The number of allylic oxidation sites excluding steroid dienone is 10. The van der Waals surface area contributed by atoms with E-state index in [9.17, 15) is 49.8 Å². The molecule has 0 aliphatic carbocycles. The van der Waals surface area contributed by atoms with Crippen LogP contribution < -0.4 is 0 Å². The molecule has 15 nitrogen and oxygen atoms in total. The van der Waals surface area contributed by atoms with Crippen LogP contribution in [0.2, 0.25) is 0 Å². The first kappa shape index (κ1) is 64.0. The predicted octanol–water partition coefficient (Wildman–Crippen LogP) is 15.7. The number of nitrogens with zero attached hydrogens (tertiary/aromatic N) is 3. The Morgan fingerprint density at radius 2 is 0.783 bits per heavy atom. The summed E-state index contributed by atoms with van der Waals surface area (Å²) in [7, 11) is 0. The van der Waals surface area contributed by atoms with Crippen molar-refractivity contribution in [1.29, 1.82) is 0 Å². The third-order valence-corrected chi connectivity index (χ3v) is 12.5. The van der Waals surface area contributed by atoms with E-state index in [1.54, 1.807) is 18.2 Å². The van der Waals surface area contributed by atoms with E-state index in [1.165, 1.54) is 0 Å². The minimum Gasteiger partial charge on any atom is -0.481 e.